The molecule has 0 aromatic heterocycles. The number of halogens is 2. The van der Waals surface area contributed by atoms with E-state index in [1.165, 1.54) is 0 Å². The van der Waals surface area contributed by atoms with Crippen molar-refractivity contribution in [1.82, 2.24) is 4.90 Å². The van der Waals surface area contributed by atoms with Crippen LogP contribution in [0.4, 0.5) is 8.78 Å². The maximum Gasteiger partial charge on any atom is 0.129 e. The van der Waals surface area contributed by atoms with Gasteiger partial charge >= 0.3 is 0 Å². The van der Waals surface area contributed by atoms with Crippen LogP contribution >= 0.6 is 0 Å². The van der Waals surface area contributed by atoms with Crippen LogP contribution in [0.25, 0.3) is 0 Å². The molecular formula is C19H21F2NO2. The minimum atomic E-state index is -1.07. The van der Waals surface area contributed by atoms with E-state index in [0.717, 1.165) is 29.3 Å². The smallest absolute Gasteiger partial charge is 0.129 e. The van der Waals surface area contributed by atoms with Crippen molar-refractivity contribution < 1.29 is 18.6 Å². The summed E-state index contributed by atoms with van der Waals surface area (Å²) in [6.45, 7) is 4.08. The summed E-state index contributed by atoms with van der Waals surface area (Å²) in [7, 11) is 0. The van der Waals surface area contributed by atoms with E-state index in [9.17, 15) is 13.9 Å². The van der Waals surface area contributed by atoms with Crippen LogP contribution in [0.2, 0.25) is 0 Å². The number of hydrogen-bond acceptors (Lipinski definition) is 3. The van der Waals surface area contributed by atoms with E-state index in [2.05, 4.69) is 0 Å². The van der Waals surface area contributed by atoms with Crippen molar-refractivity contribution >= 4 is 0 Å². The molecule has 24 heavy (non-hydrogen) atoms. The molecule has 5 heteroatoms. The van der Waals surface area contributed by atoms with Crippen LogP contribution in [0.1, 0.15) is 28.9 Å². The molecule has 0 bridgehead atoms. The highest BCUT2D eigenvalue weighted by Gasteiger charge is 2.25. The molecule has 0 aliphatic carbocycles. The largest absolute Gasteiger partial charge is 0.387 e. The maximum absolute atomic E-state index is 13.8. The van der Waals surface area contributed by atoms with Crippen molar-refractivity contribution in [3.63, 3.8) is 0 Å². The maximum atomic E-state index is 13.8. The Morgan fingerprint density at radius 1 is 1.25 bits per heavy atom. The highest BCUT2D eigenvalue weighted by atomic mass is 19.1. The van der Waals surface area contributed by atoms with Gasteiger partial charge in [0, 0.05) is 25.2 Å². The molecule has 1 heterocycles. The van der Waals surface area contributed by atoms with Gasteiger partial charge in [0.2, 0.25) is 0 Å². The number of β-amino-alcohol motifs (C(OH)–C–C–N with tert-alkyl or cyclic N) is 1. The first-order chi connectivity index (χ1) is 11.5. The highest BCUT2D eigenvalue weighted by Crippen LogP contribution is 2.27. The summed E-state index contributed by atoms with van der Waals surface area (Å²) in [4.78, 5) is 2.02. The summed E-state index contributed by atoms with van der Waals surface area (Å²) in [6, 6.07) is 11.2. The average molecular weight is 333 g/mol. The second-order valence-electron chi connectivity index (χ2n) is 6.16. The normalized spacial score (nSPS) is 20.1. The third kappa shape index (κ3) is 3.80. The fourth-order valence-electron chi connectivity index (χ4n) is 3.12. The molecule has 3 nitrogen and oxygen atoms in total. The van der Waals surface area contributed by atoms with Gasteiger partial charge in [0.25, 0.3) is 0 Å². The second-order valence-corrected chi connectivity index (χ2v) is 6.16. The Bertz CT molecular complexity index is 708. The lowest BCUT2D eigenvalue weighted by Gasteiger charge is -2.34. The van der Waals surface area contributed by atoms with Crippen LogP contribution in [0, 0.1) is 18.6 Å². The molecule has 2 aromatic rings. The Kier molecular flexibility index (Phi) is 5.23. The molecule has 128 valence electrons. The number of nitrogens with zero attached hydrogens (tertiary/aromatic N) is 1. The van der Waals surface area contributed by atoms with Crippen LogP contribution in [0.3, 0.4) is 0 Å². The minimum Gasteiger partial charge on any atom is -0.387 e. The number of rotatable bonds is 4. The van der Waals surface area contributed by atoms with Gasteiger partial charge in [-0.05, 0) is 36.2 Å². The molecule has 1 aliphatic heterocycles. The minimum absolute atomic E-state index is 0.00562. The topological polar surface area (TPSA) is 32.7 Å². The number of hydrogen-bond donors (Lipinski definition) is 1. The molecule has 1 N–H and O–H groups in total. The molecule has 0 radical (unpaired) electrons. The van der Waals surface area contributed by atoms with Crippen molar-refractivity contribution in [2.24, 2.45) is 0 Å². The molecular weight excluding hydrogens is 312 g/mol. The van der Waals surface area contributed by atoms with Crippen molar-refractivity contribution in [3.8, 4) is 0 Å². The monoisotopic (exact) mass is 333 g/mol. The van der Waals surface area contributed by atoms with E-state index in [0.29, 0.717) is 19.7 Å². The number of aryl methyl sites for hydroxylation is 1. The van der Waals surface area contributed by atoms with Gasteiger partial charge in [0.1, 0.15) is 11.6 Å². The molecule has 0 spiro atoms. The van der Waals surface area contributed by atoms with Gasteiger partial charge < -0.3 is 9.84 Å². The molecule has 2 atom stereocenters. The molecule has 3 rings (SSSR count). The summed E-state index contributed by atoms with van der Waals surface area (Å²) in [5, 5.41) is 10.3. The fraction of sp³-hybridized carbons (Fsp3) is 0.368. The van der Waals surface area contributed by atoms with Gasteiger partial charge in [-0.25, -0.2) is 8.78 Å². The van der Waals surface area contributed by atoms with Gasteiger partial charge in [-0.15, -0.1) is 0 Å². The number of benzene rings is 2. The van der Waals surface area contributed by atoms with Gasteiger partial charge in [-0.2, -0.15) is 0 Å². The fourth-order valence-corrected chi connectivity index (χ4v) is 3.12. The van der Waals surface area contributed by atoms with E-state index in [1.54, 1.807) is 0 Å². The average Bonchev–Trinajstić information content (AvgIpc) is 2.57. The van der Waals surface area contributed by atoms with Gasteiger partial charge in [0.05, 0.1) is 18.8 Å². The quantitative estimate of drug-likeness (QED) is 0.931. The Balaban J connectivity index is 1.69. The molecule has 1 fully saturated rings. The summed E-state index contributed by atoms with van der Waals surface area (Å²) >= 11 is 0. The van der Waals surface area contributed by atoms with E-state index in [1.807, 2.05) is 36.1 Å². The Labute approximate surface area is 140 Å². The number of aliphatic hydroxyl groups is 1. The third-order valence-electron chi connectivity index (χ3n) is 4.43. The van der Waals surface area contributed by atoms with Crippen LogP contribution < -0.4 is 0 Å². The zero-order valence-corrected chi connectivity index (χ0v) is 13.6. The van der Waals surface area contributed by atoms with Gasteiger partial charge in [-0.3, -0.25) is 4.90 Å². The summed E-state index contributed by atoms with van der Waals surface area (Å²) in [5.74, 6) is -1.14. The second kappa shape index (κ2) is 7.38. The Morgan fingerprint density at radius 2 is 2.04 bits per heavy atom. The molecule has 2 aromatic carbocycles. The standard InChI is InChI=1S/C19H21F2NO2/c1-13-4-2-3-5-15(13)19-12-22(8-9-24-19)11-18(23)16-10-14(20)6-7-17(16)21/h2-7,10,18-19,23H,8-9,11-12H2,1H3. The van der Waals surface area contributed by atoms with E-state index < -0.39 is 17.7 Å². The first-order valence-corrected chi connectivity index (χ1v) is 8.07. The van der Waals surface area contributed by atoms with Gasteiger partial charge in [0.15, 0.2) is 0 Å². The molecule has 2 unspecified atom stereocenters. The highest BCUT2D eigenvalue weighted by molar-refractivity contribution is 5.28. The summed E-state index contributed by atoms with van der Waals surface area (Å²) < 4.78 is 32.9. The zero-order chi connectivity index (χ0) is 17.1. The first-order valence-electron chi connectivity index (χ1n) is 8.07. The number of ether oxygens (including phenoxy) is 1. The Morgan fingerprint density at radius 3 is 2.83 bits per heavy atom. The molecule has 0 amide bonds. The van der Waals surface area contributed by atoms with Gasteiger partial charge in [-0.1, -0.05) is 24.3 Å². The lowest BCUT2D eigenvalue weighted by atomic mass is 10.0. The lowest BCUT2D eigenvalue weighted by molar-refractivity contribution is -0.0429. The molecule has 1 aliphatic rings. The van der Waals surface area contributed by atoms with Crippen molar-refractivity contribution in [3.05, 3.63) is 70.8 Å². The molecule has 1 saturated heterocycles. The Hall–Kier alpha value is -1.82. The zero-order valence-electron chi connectivity index (χ0n) is 13.6. The third-order valence-corrected chi connectivity index (χ3v) is 4.43. The lowest BCUT2D eigenvalue weighted by Crippen LogP contribution is -2.40. The SMILES string of the molecule is Cc1ccccc1C1CN(CC(O)c2cc(F)ccc2F)CCO1. The number of aliphatic hydroxyl groups excluding tert-OH is 1. The van der Waals surface area contributed by atoms with Crippen LogP contribution in [0.5, 0.6) is 0 Å². The summed E-state index contributed by atoms with van der Waals surface area (Å²) in [5.41, 5.74) is 2.27. The predicted molar refractivity (Wildman–Crippen MR) is 87.6 cm³/mol. The molecule has 0 saturated carbocycles. The van der Waals surface area contributed by atoms with Crippen LogP contribution in [-0.2, 0) is 4.74 Å². The van der Waals surface area contributed by atoms with E-state index in [-0.39, 0.29) is 18.2 Å². The van der Waals surface area contributed by atoms with E-state index >= 15 is 0 Å². The number of morpholine rings is 1. The first kappa shape index (κ1) is 17.0. The van der Waals surface area contributed by atoms with Crippen LogP contribution in [0.15, 0.2) is 42.5 Å². The predicted octanol–water partition coefficient (Wildman–Crippen LogP) is 3.38. The van der Waals surface area contributed by atoms with Crippen molar-refractivity contribution in [1.29, 1.82) is 0 Å². The summed E-state index contributed by atoms with van der Waals surface area (Å²) in [6.07, 6.45) is -1.15. The van der Waals surface area contributed by atoms with Crippen molar-refractivity contribution in [2.75, 3.05) is 26.2 Å². The van der Waals surface area contributed by atoms with E-state index in [4.69, 9.17) is 4.74 Å². The van der Waals surface area contributed by atoms with Crippen molar-refractivity contribution in [2.45, 2.75) is 19.1 Å². The van der Waals surface area contributed by atoms with Crippen LogP contribution in [-0.4, -0.2) is 36.2 Å².